The quantitative estimate of drug-likeness (QED) is 0.0985. The van der Waals surface area contributed by atoms with Gasteiger partial charge in [0, 0.05) is 66.9 Å². The van der Waals surface area contributed by atoms with Crippen molar-refractivity contribution in [3.63, 3.8) is 0 Å². The number of rotatable bonds is 6. The maximum absolute atomic E-state index is 11.7. The van der Waals surface area contributed by atoms with Crippen molar-refractivity contribution in [3.8, 4) is 11.4 Å². The van der Waals surface area contributed by atoms with Crippen LogP contribution in [0.25, 0.3) is 11.4 Å². The van der Waals surface area contributed by atoms with Crippen molar-refractivity contribution >= 4 is 57.0 Å². The van der Waals surface area contributed by atoms with Crippen LogP contribution >= 0.6 is 23.1 Å². The van der Waals surface area contributed by atoms with Crippen LogP contribution in [-0.2, 0) is 0 Å². The maximum Gasteiger partial charge on any atom is 0.270 e. The van der Waals surface area contributed by atoms with Crippen LogP contribution in [-0.4, -0.2) is 20.3 Å². The molecule has 0 radical (unpaired) electrons. The maximum atomic E-state index is 11.7. The number of para-hydroxylation sites is 3. The van der Waals surface area contributed by atoms with Gasteiger partial charge in [-0.05, 0) is 92.2 Å². The molecule has 8 nitrogen and oxygen atoms in total. The van der Waals surface area contributed by atoms with Crippen molar-refractivity contribution in [3.05, 3.63) is 158 Å². The molecule has 0 fully saturated rings. The Morgan fingerprint density at radius 3 is 1.87 bits per heavy atom. The summed E-state index contributed by atoms with van der Waals surface area (Å²) in [7, 11) is -3.06. The summed E-state index contributed by atoms with van der Waals surface area (Å²) in [6, 6.07) is 37.8. The molecule has 6 aromatic rings. The molecule has 0 saturated heterocycles. The Labute approximate surface area is 282 Å². The van der Waals surface area contributed by atoms with Gasteiger partial charge in [-0.1, -0.05) is 54.6 Å². The monoisotopic (exact) mass is 702 g/mol. The second kappa shape index (κ2) is 12.0. The number of hydrogen-bond donors (Lipinski definition) is 0. The lowest BCUT2D eigenvalue weighted by Crippen LogP contribution is -2.35. The van der Waals surface area contributed by atoms with Gasteiger partial charge in [0.2, 0.25) is 0 Å². The minimum Gasteiger partial charge on any atom is -0.318 e. The fourth-order valence-electron chi connectivity index (χ4n) is 6.68. The van der Waals surface area contributed by atoms with Crippen molar-refractivity contribution < 1.29 is 4.92 Å². The summed E-state index contributed by atoms with van der Waals surface area (Å²) < 4.78 is 13.0. The number of hydrogen-bond acceptors (Lipinski definition) is 4. The van der Waals surface area contributed by atoms with E-state index < -0.39 is 7.21 Å². The van der Waals surface area contributed by atoms with E-state index in [0.29, 0.717) is 10.2 Å². The second-order valence-corrected chi connectivity index (χ2v) is 15.1. The number of benzene rings is 4. The lowest BCUT2D eigenvalue weighted by atomic mass is 10.2. The minimum atomic E-state index is -3.06. The molecule has 1 aliphatic heterocycles. The van der Waals surface area contributed by atoms with Crippen molar-refractivity contribution in [2.75, 3.05) is 4.78 Å². The van der Waals surface area contributed by atoms with Crippen LogP contribution in [0.1, 0.15) is 28.3 Å². The first-order chi connectivity index (χ1) is 22.7. The molecule has 10 heteroatoms. The van der Waals surface area contributed by atoms with Gasteiger partial charge in [0.1, 0.15) is 7.21 Å². The highest BCUT2D eigenvalue weighted by Crippen LogP contribution is 2.60. The summed E-state index contributed by atoms with van der Waals surface area (Å²) in [6.45, 7) is 8.56. The molecule has 1 unspecified atom stereocenters. The number of halogens is 1. The predicted octanol–water partition coefficient (Wildman–Crippen LogP) is 9.43. The van der Waals surface area contributed by atoms with E-state index in [4.69, 9.17) is 9.85 Å². The first kappa shape index (κ1) is 30.7. The molecule has 234 valence electrons. The van der Waals surface area contributed by atoms with Gasteiger partial charge >= 0.3 is 0 Å². The van der Waals surface area contributed by atoms with Gasteiger partial charge in [0.05, 0.1) is 22.5 Å². The van der Waals surface area contributed by atoms with Crippen molar-refractivity contribution in [2.45, 2.75) is 27.7 Å². The summed E-state index contributed by atoms with van der Waals surface area (Å²) >= 11 is 3.66. The highest BCUT2D eigenvalue weighted by Gasteiger charge is 2.43. The molecule has 0 saturated carbocycles. The third kappa shape index (κ3) is 4.98. The van der Waals surface area contributed by atoms with E-state index in [-0.39, 0.29) is 10.6 Å². The van der Waals surface area contributed by atoms with Crippen LogP contribution in [0, 0.1) is 37.8 Å². The van der Waals surface area contributed by atoms with Crippen molar-refractivity contribution in [1.82, 2.24) is 9.13 Å². The normalized spacial score (nSPS) is 15.5. The summed E-state index contributed by atoms with van der Waals surface area (Å²) in [6.07, 6.45) is 1.96. The second-order valence-electron chi connectivity index (χ2n) is 11.5. The van der Waals surface area contributed by atoms with Crippen LogP contribution in [0.5, 0.6) is 0 Å². The molecular weight excluding hydrogens is 671 g/mol. The average Bonchev–Trinajstić information content (AvgIpc) is 3.53. The number of aryl methyl sites for hydroxylation is 1. The minimum absolute atomic E-state index is 0.00464. The van der Waals surface area contributed by atoms with E-state index in [1.807, 2.05) is 60.8 Å². The number of hydrazone groups is 1. The molecule has 4 aromatic carbocycles. The Morgan fingerprint density at radius 1 is 0.723 bits per heavy atom. The molecular formula is C37H32BrN6O2P. The third-order valence-electron chi connectivity index (χ3n) is 8.69. The smallest absolute Gasteiger partial charge is 0.270 e. The van der Waals surface area contributed by atoms with Crippen LogP contribution < -0.4 is 15.4 Å². The van der Waals surface area contributed by atoms with Gasteiger partial charge < -0.3 is 9.13 Å². The van der Waals surface area contributed by atoms with E-state index >= 15 is 0 Å². The molecule has 1 aliphatic rings. The number of nitrogens with zero attached hydrogens (tertiary/aromatic N) is 6. The summed E-state index contributed by atoms with van der Waals surface area (Å²) in [4.78, 5) is 11.3. The van der Waals surface area contributed by atoms with Crippen LogP contribution in [0.3, 0.4) is 0 Å². The van der Waals surface area contributed by atoms with Crippen molar-refractivity contribution in [1.29, 1.82) is 0 Å². The Balaban J connectivity index is 1.66. The van der Waals surface area contributed by atoms with Crippen LogP contribution in [0.2, 0.25) is 0 Å². The molecule has 7 rings (SSSR count). The van der Waals surface area contributed by atoms with Gasteiger partial charge in [-0.2, -0.15) is 5.10 Å². The molecule has 0 amide bonds. The Hall–Kier alpha value is -4.98. The topological polar surface area (TPSA) is 81.0 Å². The number of nitro groups is 1. The highest BCUT2D eigenvalue weighted by atomic mass is 79.9. The molecule has 47 heavy (non-hydrogen) atoms. The lowest BCUT2D eigenvalue weighted by Gasteiger charge is -2.38. The number of fused-ring (bicyclic) bond motifs is 1. The molecule has 0 spiro atoms. The van der Waals surface area contributed by atoms with E-state index in [0.717, 1.165) is 56.0 Å². The predicted molar refractivity (Wildman–Crippen MR) is 196 cm³/mol. The molecule has 1 atom stereocenters. The molecule has 3 heterocycles. The zero-order valence-electron chi connectivity index (χ0n) is 26.4. The molecule has 0 aliphatic carbocycles. The van der Waals surface area contributed by atoms with Gasteiger partial charge in [0.15, 0.2) is 0 Å². The van der Waals surface area contributed by atoms with Gasteiger partial charge in [-0.25, -0.2) is 9.52 Å². The Bertz CT molecular complexity index is 2240. The van der Waals surface area contributed by atoms with Gasteiger partial charge in [-0.3, -0.25) is 10.1 Å². The Kier molecular flexibility index (Phi) is 7.82. The molecule has 0 bridgehead atoms. The standard InChI is InChI=1S/C37H32BrN6O2P/c1-25-22-36(27(3)41(25)29-14-8-5-9-15-29)47(40-35-21-20-32(44(45)46)23-34(35)38)37-28(4)42(30-16-10-6-11-17-30)26(2)33(37)24-39-43(47)31-18-12-7-13-19-31/h5-24H,1-4H3. The lowest BCUT2D eigenvalue weighted by molar-refractivity contribution is -0.384. The SMILES string of the molecule is Cc1cc(P2(=Nc3ccc([N+](=O)[O-])cc3Br)c3c(c(C)n(-c4ccccc4)c3C)C=NN2c2ccccc2)c(C)n1-c1ccccc1. The fraction of sp³-hybridized carbons (Fsp3) is 0.108. The zero-order valence-corrected chi connectivity index (χ0v) is 28.9. The van der Waals surface area contributed by atoms with Gasteiger partial charge in [0.25, 0.3) is 5.69 Å². The number of non-ortho nitro benzene ring substituents is 1. The number of anilines is 1. The number of nitro benzene ring substituents is 1. The van der Waals surface area contributed by atoms with Crippen molar-refractivity contribution in [2.24, 2.45) is 9.85 Å². The van der Waals surface area contributed by atoms with E-state index in [1.54, 1.807) is 6.07 Å². The van der Waals surface area contributed by atoms with E-state index in [1.165, 1.54) is 12.1 Å². The van der Waals surface area contributed by atoms with Crippen LogP contribution in [0.15, 0.2) is 130 Å². The molecule has 0 N–H and O–H groups in total. The highest BCUT2D eigenvalue weighted by molar-refractivity contribution is 9.10. The van der Waals surface area contributed by atoms with E-state index in [2.05, 4.69) is 100 Å². The molecule has 2 aromatic heterocycles. The summed E-state index contributed by atoms with van der Waals surface area (Å²) in [5.41, 5.74) is 8.91. The summed E-state index contributed by atoms with van der Waals surface area (Å²) in [5, 5.41) is 19.1. The largest absolute Gasteiger partial charge is 0.318 e. The fourth-order valence-corrected chi connectivity index (χ4v) is 11.4. The van der Waals surface area contributed by atoms with Crippen LogP contribution in [0.4, 0.5) is 17.1 Å². The average molecular weight is 704 g/mol. The Morgan fingerprint density at radius 2 is 1.30 bits per heavy atom. The van der Waals surface area contributed by atoms with E-state index in [9.17, 15) is 10.1 Å². The summed E-state index contributed by atoms with van der Waals surface area (Å²) in [5.74, 6) is 0. The third-order valence-corrected chi connectivity index (χ3v) is 13.0. The first-order valence-corrected chi connectivity index (χ1v) is 17.7. The number of aromatic nitrogens is 2. The zero-order chi connectivity index (χ0) is 32.9. The van der Waals surface area contributed by atoms with Gasteiger partial charge in [-0.15, -0.1) is 0 Å². The first-order valence-electron chi connectivity index (χ1n) is 15.2.